The summed E-state index contributed by atoms with van der Waals surface area (Å²) in [6.45, 7) is 9.22. The number of unbranched alkanes of at least 4 members (excludes halogenated alkanes) is 3. The number of ether oxygens (including phenoxy) is 1. The summed E-state index contributed by atoms with van der Waals surface area (Å²) in [4.78, 5) is 0. The van der Waals surface area contributed by atoms with E-state index >= 15 is 0 Å². The predicted molar refractivity (Wildman–Crippen MR) is 58.8 cm³/mol. The quantitative estimate of drug-likeness (QED) is 0.494. The van der Waals surface area contributed by atoms with E-state index in [0.717, 1.165) is 25.9 Å². The molecule has 0 saturated carbocycles. The van der Waals surface area contributed by atoms with E-state index in [4.69, 9.17) is 4.74 Å². The van der Waals surface area contributed by atoms with Gasteiger partial charge in [-0.05, 0) is 19.3 Å². The van der Waals surface area contributed by atoms with Crippen LogP contribution in [-0.4, -0.2) is 12.7 Å². The minimum atomic E-state index is 0.458. The van der Waals surface area contributed by atoms with Crippen molar-refractivity contribution in [3.8, 4) is 0 Å². The van der Waals surface area contributed by atoms with E-state index in [1.165, 1.54) is 25.7 Å². The van der Waals surface area contributed by atoms with Gasteiger partial charge < -0.3 is 4.74 Å². The van der Waals surface area contributed by atoms with Crippen molar-refractivity contribution in [2.45, 2.75) is 64.9 Å². The Kier molecular flexibility index (Phi) is 10.0. The number of hydrogen-bond donors (Lipinski definition) is 0. The molecule has 0 spiro atoms. The molecule has 0 rings (SSSR count). The summed E-state index contributed by atoms with van der Waals surface area (Å²) < 4.78 is 5.74. The summed E-state index contributed by atoms with van der Waals surface area (Å²) in [7, 11) is 0. The molecule has 0 aromatic rings. The van der Waals surface area contributed by atoms with Gasteiger partial charge in [-0.3, -0.25) is 0 Å². The van der Waals surface area contributed by atoms with Gasteiger partial charge in [0.25, 0.3) is 0 Å². The van der Waals surface area contributed by atoms with Gasteiger partial charge in [-0.1, -0.05) is 46.5 Å². The fourth-order valence-corrected chi connectivity index (χ4v) is 1.41. The smallest absolute Gasteiger partial charge is 0.0572 e. The summed E-state index contributed by atoms with van der Waals surface area (Å²) >= 11 is 0. The summed E-state index contributed by atoms with van der Waals surface area (Å²) in [5.41, 5.74) is 0. The molecule has 0 saturated heterocycles. The van der Waals surface area contributed by atoms with E-state index in [0.29, 0.717) is 6.10 Å². The maximum Gasteiger partial charge on any atom is 0.0572 e. The van der Waals surface area contributed by atoms with Crippen LogP contribution in [0.3, 0.4) is 0 Å². The number of hydrogen-bond acceptors (Lipinski definition) is 1. The highest BCUT2D eigenvalue weighted by Gasteiger charge is 2.03. The van der Waals surface area contributed by atoms with Crippen LogP contribution in [0.4, 0.5) is 0 Å². The third-order valence-electron chi connectivity index (χ3n) is 2.33. The van der Waals surface area contributed by atoms with Crippen molar-refractivity contribution in [3.63, 3.8) is 0 Å². The Balaban J connectivity index is 3.17. The van der Waals surface area contributed by atoms with Gasteiger partial charge in [0.15, 0.2) is 0 Å². The Morgan fingerprint density at radius 2 is 1.92 bits per heavy atom. The standard InChI is InChI=1S/C12H25O/c1-4-7-8-9-11-13-12(6-3)10-5-2/h12H,2,4-11H2,1,3H3. The molecule has 1 radical (unpaired) electrons. The molecular formula is C12H25O. The highest BCUT2D eigenvalue weighted by Crippen LogP contribution is 2.07. The summed E-state index contributed by atoms with van der Waals surface area (Å²) in [6.07, 6.45) is 8.88. The molecule has 0 aromatic heterocycles. The third kappa shape index (κ3) is 8.29. The number of rotatable bonds is 9. The van der Waals surface area contributed by atoms with E-state index in [9.17, 15) is 0 Å². The van der Waals surface area contributed by atoms with Crippen LogP contribution in [0.5, 0.6) is 0 Å². The summed E-state index contributed by atoms with van der Waals surface area (Å²) in [6, 6.07) is 0. The summed E-state index contributed by atoms with van der Waals surface area (Å²) in [5, 5.41) is 0. The Hall–Kier alpha value is -0.0400. The average molecular weight is 185 g/mol. The Morgan fingerprint density at radius 1 is 1.15 bits per heavy atom. The van der Waals surface area contributed by atoms with Crippen LogP contribution in [0, 0.1) is 6.92 Å². The van der Waals surface area contributed by atoms with Gasteiger partial charge in [-0.2, -0.15) is 0 Å². The molecule has 1 nitrogen and oxygen atoms in total. The van der Waals surface area contributed by atoms with Crippen LogP contribution in [0.15, 0.2) is 0 Å². The Labute approximate surface area is 83.9 Å². The molecule has 1 unspecified atom stereocenters. The van der Waals surface area contributed by atoms with Crippen molar-refractivity contribution < 1.29 is 4.74 Å². The topological polar surface area (TPSA) is 9.23 Å². The maximum atomic E-state index is 5.74. The molecule has 0 bridgehead atoms. The first-order valence-corrected chi connectivity index (χ1v) is 5.76. The van der Waals surface area contributed by atoms with E-state index in [-0.39, 0.29) is 0 Å². The minimum absolute atomic E-state index is 0.458. The largest absolute Gasteiger partial charge is 0.378 e. The van der Waals surface area contributed by atoms with Gasteiger partial charge in [-0.15, -0.1) is 0 Å². The second-order valence-corrected chi connectivity index (χ2v) is 3.60. The zero-order valence-electron chi connectivity index (χ0n) is 9.35. The monoisotopic (exact) mass is 185 g/mol. The van der Waals surface area contributed by atoms with Crippen LogP contribution in [0.25, 0.3) is 0 Å². The first-order valence-electron chi connectivity index (χ1n) is 5.76. The maximum absolute atomic E-state index is 5.74. The van der Waals surface area contributed by atoms with Gasteiger partial charge in [0.05, 0.1) is 6.10 Å². The van der Waals surface area contributed by atoms with E-state index in [1.807, 2.05) is 0 Å². The molecule has 0 aromatic carbocycles. The van der Waals surface area contributed by atoms with E-state index < -0.39 is 0 Å². The highest BCUT2D eigenvalue weighted by molar-refractivity contribution is 4.56. The third-order valence-corrected chi connectivity index (χ3v) is 2.33. The first kappa shape index (κ1) is 13.0. The molecule has 79 valence electrons. The van der Waals surface area contributed by atoms with Crippen LogP contribution < -0.4 is 0 Å². The first-order chi connectivity index (χ1) is 6.35. The molecule has 1 heteroatoms. The van der Waals surface area contributed by atoms with Gasteiger partial charge in [-0.25, -0.2) is 0 Å². The van der Waals surface area contributed by atoms with Crippen molar-refractivity contribution in [2.24, 2.45) is 0 Å². The fraction of sp³-hybridized carbons (Fsp3) is 0.917. The molecular weight excluding hydrogens is 160 g/mol. The average Bonchev–Trinajstić information content (AvgIpc) is 2.16. The van der Waals surface area contributed by atoms with Crippen molar-refractivity contribution in [1.82, 2.24) is 0 Å². The van der Waals surface area contributed by atoms with Crippen LogP contribution in [0.1, 0.15) is 58.8 Å². The van der Waals surface area contributed by atoms with Crippen molar-refractivity contribution >= 4 is 0 Å². The molecule has 0 aliphatic rings. The predicted octanol–water partition coefficient (Wildman–Crippen LogP) is 3.98. The second kappa shape index (κ2) is 10.0. The molecule has 0 fully saturated rings. The van der Waals surface area contributed by atoms with Gasteiger partial charge >= 0.3 is 0 Å². The lowest BCUT2D eigenvalue weighted by molar-refractivity contribution is 0.0430. The van der Waals surface area contributed by atoms with Crippen molar-refractivity contribution in [2.75, 3.05) is 6.61 Å². The van der Waals surface area contributed by atoms with Crippen molar-refractivity contribution in [1.29, 1.82) is 0 Å². The second-order valence-electron chi connectivity index (χ2n) is 3.60. The molecule has 0 aliphatic carbocycles. The zero-order chi connectivity index (χ0) is 9.94. The van der Waals surface area contributed by atoms with Gasteiger partial charge in [0.2, 0.25) is 0 Å². The Morgan fingerprint density at radius 3 is 2.46 bits per heavy atom. The van der Waals surface area contributed by atoms with Gasteiger partial charge in [0.1, 0.15) is 0 Å². The lowest BCUT2D eigenvalue weighted by Gasteiger charge is -2.14. The Bertz CT molecular complexity index is 91.1. The van der Waals surface area contributed by atoms with Crippen LogP contribution >= 0.6 is 0 Å². The normalized spacial score (nSPS) is 13.2. The SMILES string of the molecule is [CH2]CCC(CC)OCCCCCC. The van der Waals surface area contributed by atoms with Gasteiger partial charge in [0, 0.05) is 6.61 Å². The lowest BCUT2D eigenvalue weighted by Crippen LogP contribution is -2.12. The van der Waals surface area contributed by atoms with Crippen molar-refractivity contribution in [3.05, 3.63) is 6.92 Å². The van der Waals surface area contributed by atoms with E-state index in [2.05, 4.69) is 20.8 Å². The van der Waals surface area contributed by atoms with E-state index in [1.54, 1.807) is 0 Å². The fourth-order valence-electron chi connectivity index (χ4n) is 1.41. The minimum Gasteiger partial charge on any atom is -0.378 e. The highest BCUT2D eigenvalue weighted by atomic mass is 16.5. The lowest BCUT2D eigenvalue weighted by atomic mass is 10.1. The molecule has 0 N–H and O–H groups in total. The zero-order valence-corrected chi connectivity index (χ0v) is 9.35. The molecule has 0 heterocycles. The molecule has 1 atom stereocenters. The molecule has 0 aliphatic heterocycles. The molecule has 13 heavy (non-hydrogen) atoms. The van der Waals surface area contributed by atoms with Crippen LogP contribution in [-0.2, 0) is 4.74 Å². The molecule has 0 amide bonds. The van der Waals surface area contributed by atoms with Crippen LogP contribution in [0.2, 0.25) is 0 Å². The summed E-state index contributed by atoms with van der Waals surface area (Å²) in [5.74, 6) is 0.